The van der Waals surface area contributed by atoms with Crippen molar-refractivity contribution in [2.24, 2.45) is 0 Å². The highest BCUT2D eigenvalue weighted by Gasteiger charge is 2.16. The fraction of sp³-hybridized carbons (Fsp3) is 0.462. The number of hydroxylamine groups is 2. The fourth-order valence-corrected chi connectivity index (χ4v) is 1.70. The highest BCUT2D eigenvalue weighted by molar-refractivity contribution is 5.89. The van der Waals surface area contributed by atoms with Gasteiger partial charge in [-0.2, -0.15) is 0 Å². The summed E-state index contributed by atoms with van der Waals surface area (Å²) in [5.74, 6) is -0.317. The summed E-state index contributed by atoms with van der Waals surface area (Å²) in [6, 6.07) is 7.35. The van der Waals surface area contributed by atoms with Gasteiger partial charge in [-0.25, -0.2) is 4.79 Å². The maximum Gasteiger partial charge on any atom is 0.357 e. The van der Waals surface area contributed by atoms with Gasteiger partial charge in [0.1, 0.15) is 0 Å². The summed E-state index contributed by atoms with van der Waals surface area (Å²) in [6.45, 7) is 2.46. The van der Waals surface area contributed by atoms with Gasteiger partial charge in [0, 0.05) is 19.8 Å². The number of carbonyl (C=O) groups is 1. The van der Waals surface area contributed by atoms with Crippen LogP contribution in [0.25, 0.3) is 0 Å². The minimum Gasteiger partial charge on any atom is -0.379 e. The number of rotatable bonds is 3. The second-order valence-electron chi connectivity index (χ2n) is 4.36. The van der Waals surface area contributed by atoms with Gasteiger partial charge in [0.2, 0.25) is 0 Å². The Balaban J connectivity index is 1.95. The second kappa shape index (κ2) is 5.84. The third-order valence-electron chi connectivity index (χ3n) is 2.80. The van der Waals surface area contributed by atoms with E-state index in [-0.39, 0.29) is 5.97 Å². The molecule has 98 valence electrons. The zero-order valence-electron chi connectivity index (χ0n) is 10.8. The van der Waals surface area contributed by atoms with Gasteiger partial charge in [-0.05, 0) is 24.3 Å². The number of anilines is 1. The van der Waals surface area contributed by atoms with Crippen molar-refractivity contribution >= 4 is 11.7 Å². The summed E-state index contributed by atoms with van der Waals surface area (Å²) >= 11 is 0. The molecular formula is C13H18N2O3. The molecule has 0 aromatic heterocycles. The quantitative estimate of drug-likeness (QED) is 0.805. The van der Waals surface area contributed by atoms with Crippen LogP contribution in [-0.4, -0.2) is 51.4 Å². The molecule has 5 nitrogen and oxygen atoms in total. The van der Waals surface area contributed by atoms with Crippen LogP contribution in [-0.2, 0) is 9.57 Å². The van der Waals surface area contributed by atoms with Crippen LogP contribution in [0.15, 0.2) is 24.3 Å². The Kier molecular flexibility index (Phi) is 4.17. The molecule has 0 N–H and O–H groups in total. The van der Waals surface area contributed by atoms with Crippen molar-refractivity contribution < 1.29 is 14.4 Å². The number of ether oxygens (including phenoxy) is 1. The van der Waals surface area contributed by atoms with E-state index in [4.69, 9.17) is 9.57 Å². The first-order valence-electron chi connectivity index (χ1n) is 5.99. The van der Waals surface area contributed by atoms with Crippen LogP contribution in [0.3, 0.4) is 0 Å². The van der Waals surface area contributed by atoms with Gasteiger partial charge in [-0.1, -0.05) is 0 Å². The van der Waals surface area contributed by atoms with Gasteiger partial charge < -0.3 is 14.5 Å². The molecule has 18 heavy (non-hydrogen) atoms. The number of carbonyl (C=O) groups excluding carboxylic acids is 1. The Morgan fingerprint density at radius 2 is 1.83 bits per heavy atom. The largest absolute Gasteiger partial charge is 0.379 e. The lowest BCUT2D eigenvalue weighted by Crippen LogP contribution is -2.37. The third kappa shape index (κ3) is 3.21. The molecule has 2 rings (SSSR count). The van der Waals surface area contributed by atoms with Crippen molar-refractivity contribution in [2.75, 3.05) is 45.3 Å². The Morgan fingerprint density at radius 1 is 1.22 bits per heavy atom. The summed E-state index contributed by atoms with van der Waals surface area (Å²) in [5, 5.41) is 1.64. The zero-order chi connectivity index (χ0) is 13.0. The van der Waals surface area contributed by atoms with E-state index in [1.54, 1.807) is 17.2 Å². The van der Waals surface area contributed by atoms with Crippen molar-refractivity contribution in [3.05, 3.63) is 29.8 Å². The Bertz CT molecular complexity index is 397. The summed E-state index contributed by atoms with van der Waals surface area (Å²) in [7, 11) is 3.92. The van der Waals surface area contributed by atoms with E-state index in [9.17, 15) is 4.79 Å². The first kappa shape index (κ1) is 12.9. The minimum atomic E-state index is -0.317. The van der Waals surface area contributed by atoms with Gasteiger partial charge in [-0.3, -0.25) is 0 Å². The molecule has 0 bridgehead atoms. The molecule has 5 heteroatoms. The zero-order valence-corrected chi connectivity index (χ0v) is 10.8. The van der Waals surface area contributed by atoms with Gasteiger partial charge in [0.05, 0.1) is 31.9 Å². The Hall–Kier alpha value is -1.59. The van der Waals surface area contributed by atoms with Crippen LogP contribution < -0.4 is 4.90 Å². The number of hydrogen-bond acceptors (Lipinski definition) is 5. The van der Waals surface area contributed by atoms with Crippen molar-refractivity contribution in [3.8, 4) is 0 Å². The van der Waals surface area contributed by atoms with E-state index in [0.717, 1.165) is 5.69 Å². The molecule has 1 fully saturated rings. The van der Waals surface area contributed by atoms with Gasteiger partial charge in [0.15, 0.2) is 0 Å². The van der Waals surface area contributed by atoms with E-state index in [1.807, 2.05) is 31.1 Å². The predicted octanol–water partition coefficient (Wildman–Crippen LogP) is 1.16. The smallest absolute Gasteiger partial charge is 0.357 e. The Labute approximate surface area is 107 Å². The van der Waals surface area contributed by atoms with E-state index >= 15 is 0 Å². The topological polar surface area (TPSA) is 42.0 Å². The van der Waals surface area contributed by atoms with Crippen LogP contribution in [0.1, 0.15) is 10.4 Å². The number of nitrogens with zero attached hydrogens (tertiary/aromatic N) is 2. The van der Waals surface area contributed by atoms with Crippen LogP contribution >= 0.6 is 0 Å². The molecule has 0 aliphatic carbocycles. The normalized spacial score (nSPS) is 16.3. The molecule has 1 aliphatic rings. The highest BCUT2D eigenvalue weighted by atomic mass is 16.7. The second-order valence-corrected chi connectivity index (χ2v) is 4.36. The number of morpholine rings is 1. The highest BCUT2D eigenvalue weighted by Crippen LogP contribution is 2.13. The minimum absolute atomic E-state index is 0.317. The molecule has 0 spiro atoms. The van der Waals surface area contributed by atoms with Gasteiger partial charge in [0.25, 0.3) is 0 Å². The first-order chi connectivity index (χ1) is 8.66. The van der Waals surface area contributed by atoms with Crippen LogP contribution in [0.4, 0.5) is 5.69 Å². The number of hydrogen-bond donors (Lipinski definition) is 0. The molecule has 0 radical (unpaired) electrons. The van der Waals surface area contributed by atoms with E-state index in [0.29, 0.717) is 31.9 Å². The summed E-state index contributed by atoms with van der Waals surface area (Å²) in [4.78, 5) is 19.1. The monoisotopic (exact) mass is 250 g/mol. The molecule has 0 atom stereocenters. The average Bonchev–Trinajstić information content (AvgIpc) is 2.40. The molecule has 1 saturated heterocycles. The molecule has 1 aliphatic heterocycles. The molecule has 1 aromatic carbocycles. The van der Waals surface area contributed by atoms with Crippen LogP contribution in [0, 0.1) is 0 Å². The summed E-state index contributed by atoms with van der Waals surface area (Å²) < 4.78 is 5.19. The maximum atomic E-state index is 11.9. The average molecular weight is 250 g/mol. The molecule has 1 heterocycles. The molecule has 0 saturated carbocycles. The van der Waals surface area contributed by atoms with Gasteiger partial charge >= 0.3 is 5.97 Å². The van der Waals surface area contributed by atoms with E-state index in [1.165, 1.54) is 0 Å². The maximum absolute atomic E-state index is 11.9. The molecule has 0 amide bonds. The van der Waals surface area contributed by atoms with E-state index in [2.05, 4.69) is 0 Å². The predicted molar refractivity (Wildman–Crippen MR) is 68.6 cm³/mol. The summed E-state index contributed by atoms with van der Waals surface area (Å²) in [6.07, 6.45) is 0. The van der Waals surface area contributed by atoms with Crippen molar-refractivity contribution in [1.82, 2.24) is 5.06 Å². The fourth-order valence-electron chi connectivity index (χ4n) is 1.70. The third-order valence-corrected chi connectivity index (χ3v) is 2.80. The first-order valence-corrected chi connectivity index (χ1v) is 5.99. The van der Waals surface area contributed by atoms with Crippen LogP contribution in [0.5, 0.6) is 0 Å². The lowest BCUT2D eigenvalue weighted by atomic mass is 10.2. The summed E-state index contributed by atoms with van der Waals surface area (Å²) in [5.41, 5.74) is 1.62. The lowest BCUT2D eigenvalue weighted by Gasteiger charge is -2.25. The van der Waals surface area contributed by atoms with Gasteiger partial charge in [-0.15, -0.1) is 5.06 Å². The SMILES string of the molecule is CN(C)c1ccc(C(=O)ON2CCOCC2)cc1. The molecule has 1 aromatic rings. The number of benzene rings is 1. The molecule has 0 unspecified atom stereocenters. The molecular weight excluding hydrogens is 232 g/mol. The van der Waals surface area contributed by atoms with Crippen molar-refractivity contribution in [3.63, 3.8) is 0 Å². The van der Waals surface area contributed by atoms with E-state index < -0.39 is 0 Å². The van der Waals surface area contributed by atoms with Crippen LogP contribution in [0.2, 0.25) is 0 Å². The van der Waals surface area contributed by atoms with Crippen molar-refractivity contribution in [1.29, 1.82) is 0 Å². The lowest BCUT2D eigenvalue weighted by molar-refractivity contribution is -0.150. The Morgan fingerprint density at radius 3 is 2.39 bits per heavy atom. The standard InChI is InChI=1S/C13H18N2O3/c1-14(2)12-5-3-11(4-6-12)13(16)18-15-7-9-17-10-8-15/h3-6H,7-10H2,1-2H3. The van der Waals surface area contributed by atoms with Crippen molar-refractivity contribution in [2.45, 2.75) is 0 Å².